The van der Waals surface area contributed by atoms with Crippen LogP contribution < -0.4 is 0 Å². The van der Waals surface area contributed by atoms with Crippen LogP contribution in [0, 0.1) is 17.8 Å². The van der Waals surface area contributed by atoms with Gasteiger partial charge in [0.1, 0.15) is 0 Å². The van der Waals surface area contributed by atoms with Crippen molar-refractivity contribution in [2.45, 2.75) is 53.6 Å². The third-order valence-corrected chi connectivity index (χ3v) is 2.73. The van der Waals surface area contributed by atoms with Crippen LogP contribution >= 0.6 is 0 Å². The Labute approximate surface area is 77.2 Å². The molecule has 0 amide bonds. The van der Waals surface area contributed by atoms with Crippen molar-refractivity contribution in [1.29, 1.82) is 0 Å². The first-order valence-electron chi connectivity index (χ1n) is 5.03. The quantitative estimate of drug-likeness (QED) is 0.691. The summed E-state index contributed by atoms with van der Waals surface area (Å²) in [7, 11) is 0. The van der Waals surface area contributed by atoms with Crippen LogP contribution in [0.15, 0.2) is 0 Å². The van der Waals surface area contributed by atoms with Gasteiger partial charge in [0.15, 0.2) is 0 Å². The summed E-state index contributed by atoms with van der Waals surface area (Å²) in [5.74, 6) is 1.26. The Bertz CT molecular complexity index is 117. The van der Waals surface area contributed by atoms with Crippen LogP contribution in [-0.2, 0) is 0 Å². The molecule has 0 fully saturated rings. The molecule has 0 radical (unpaired) electrons. The summed E-state index contributed by atoms with van der Waals surface area (Å²) in [5.41, 5.74) is -0.478. The van der Waals surface area contributed by atoms with Gasteiger partial charge in [-0.25, -0.2) is 0 Å². The van der Waals surface area contributed by atoms with Crippen LogP contribution in [0.1, 0.15) is 48.0 Å². The molecule has 0 saturated carbocycles. The van der Waals surface area contributed by atoms with Crippen molar-refractivity contribution >= 4 is 0 Å². The molecule has 12 heavy (non-hydrogen) atoms. The first-order chi connectivity index (χ1) is 5.30. The van der Waals surface area contributed by atoms with Gasteiger partial charge in [-0.3, -0.25) is 0 Å². The smallest absolute Gasteiger partial charge is 0.0695 e. The maximum Gasteiger partial charge on any atom is 0.0695 e. The molecule has 0 aromatic heterocycles. The molecule has 0 aromatic carbocycles. The predicted molar refractivity (Wildman–Crippen MR) is 54.1 cm³/mol. The average Bonchev–Trinajstić information content (AvgIpc) is 1.84. The number of rotatable bonds is 4. The molecule has 0 aliphatic rings. The van der Waals surface area contributed by atoms with E-state index in [4.69, 9.17) is 0 Å². The Kier molecular flexibility index (Phi) is 4.25. The normalized spacial score (nSPS) is 13.5. The van der Waals surface area contributed by atoms with Gasteiger partial charge >= 0.3 is 0 Å². The zero-order valence-electron chi connectivity index (χ0n) is 9.39. The van der Waals surface area contributed by atoms with E-state index in [1.165, 1.54) is 0 Å². The molecule has 0 saturated heterocycles. The molecule has 1 heteroatoms. The molecule has 0 atom stereocenters. The molecule has 0 heterocycles. The summed E-state index contributed by atoms with van der Waals surface area (Å²) < 4.78 is 0. The van der Waals surface area contributed by atoms with Gasteiger partial charge < -0.3 is 5.11 Å². The highest BCUT2D eigenvalue weighted by Gasteiger charge is 2.34. The Hall–Kier alpha value is -0.0400. The van der Waals surface area contributed by atoms with Gasteiger partial charge in [0.2, 0.25) is 0 Å². The Balaban J connectivity index is 4.40. The van der Waals surface area contributed by atoms with Crippen molar-refractivity contribution in [3.05, 3.63) is 0 Å². The van der Waals surface area contributed by atoms with Gasteiger partial charge in [0.05, 0.1) is 5.60 Å². The van der Waals surface area contributed by atoms with Crippen LogP contribution in [0.3, 0.4) is 0 Å². The Morgan fingerprint density at radius 1 is 0.917 bits per heavy atom. The summed E-state index contributed by atoms with van der Waals surface area (Å²) in [6.07, 6.45) is 0.905. The van der Waals surface area contributed by atoms with Crippen molar-refractivity contribution in [3.8, 4) is 0 Å². The lowest BCUT2D eigenvalue weighted by atomic mass is 9.75. The van der Waals surface area contributed by atoms with Crippen LogP contribution in [0.5, 0.6) is 0 Å². The molecular formula is C11H24O. The van der Waals surface area contributed by atoms with E-state index in [9.17, 15) is 5.11 Å². The van der Waals surface area contributed by atoms with Gasteiger partial charge in [-0.05, 0) is 24.2 Å². The summed E-state index contributed by atoms with van der Waals surface area (Å²) >= 11 is 0. The maximum absolute atomic E-state index is 10.3. The average molecular weight is 172 g/mol. The fraction of sp³-hybridized carbons (Fsp3) is 1.00. The van der Waals surface area contributed by atoms with Gasteiger partial charge in [-0.2, -0.15) is 0 Å². The molecule has 0 rings (SSSR count). The summed E-state index contributed by atoms with van der Waals surface area (Å²) in [6, 6.07) is 0. The highest BCUT2D eigenvalue weighted by atomic mass is 16.3. The molecule has 0 spiro atoms. The van der Waals surface area contributed by atoms with E-state index in [1.807, 2.05) is 0 Å². The van der Waals surface area contributed by atoms with Gasteiger partial charge in [0.25, 0.3) is 0 Å². The van der Waals surface area contributed by atoms with E-state index in [2.05, 4.69) is 41.5 Å². The molecule has 0 bridgehead atoms. The van der Waals surface area contributed by atoms with Crippen molar-refractivity contribution < 1.29 is 5.11 Å². The van der Waals surface area contributed by atoms with E-state index >= 15 is 0 Å². The topological polar surface area (TPSA) is 20.2 Å². The van der Waals surface area contributed by atoms with Crippen molar-refractivity contribution in [1.82, 2.24) is 0 Å². The number of hydrogen-bond donors (Lipinski definition) is 1. The Morgan fingerprint density at radius 2 is 1.25 bits per heavy atom. The second-order valence-electron chi connectivity index (χ2n) is 4.90. The van der Waals surface area contributed by atoms with Gasteiger partial charge in [-0.15, -0.1) is 0 Å². The fourth-order valence-corrected chi connectivity index (χ4v) is 1.79. The van der Waals surface area contributed by atoms with Crippen LogP contribution in [0.2, 0.25) is 0 Å². The monoisotopic (exact) mass is 172 g/mol. The molecule has 0 aromatic rings. The molecular weight excluding hydrogens is 148 g/mol. The van der Waals surface area contributed by atoms with E-state index in [-0.39, 0.29) is 0 Å². The van der Waals surface area contributed by atoms with Gasteiger partial charge in [-0.1, -0.05) is 41.5 Å². The zero-order valence-corrected chi connectivity index (χ0v) is 9.39. The summed E-state index contributed by atoms with van der Waals surface area (Å²) in [4.78, 5) is 0. The van der Waals surface area contributed by atoms with Crippen molar-refractivity contribution in [2.75, 3.05) is 0 Å². The Morgan fingerprint density at radius 3 is 1.33 bits per heavy atom. The molecule has 1 nitrogen and oxygen atoms in total. The third-order valence-electron chi connectivity index (χ3n) is 2.73. The minimum Gasteiger partial charge on any atom is -0.389 e. The highest BCUT2D eigenvalue weighted by molar-refractivity contribution is 4.85. The molecule has 1 N–H and O–H groups in total. The standard InChI is InChI=1S/C11H24O/c1-8(2)7-11(12,9(3)4)10(5)6/h8-10,12H,7H2,1-6H3. The number of hydrogen-bond acceptors (Lipinski definition) is 1. The first-order valence-corrected chi connectivity index (χ1v) is 5.03. The molecule has 0 unspecified atom stereocenters. The lowest BCUT2D eigenvalue weighted by Crippen LogP contribution is -2.41. The minimum absolute atomic E-state index is 0.347. The lowest BCUT2D eigenvalue weighted by molar-refractivity contribution is -0.0626. The fourth-order valence-electron chi connectivity index (χ4n) is 1.79. The maximum atomic E-state index is 10.3. The van der Waals surface area contributed by atoms with E-state index < -0.39 is 5.60 Å². The van der Waals surface area contributed by atoms with Crippen LogP contribution in [-0.4, -0.2) is 10.7 Å². The second-order valence-corrected chi connectivity index (χ2v) is 4.90. The predicted octanol–water partition coefficient (Wildman–Crippen LogP) is 3.08. The van der Waals surface area contributed by atoms with E-state index in [0.717, 1.165) is 6.42 Å². The molecule has 0 aliphatic carbocycles. The molecule has 74 valence electrons. The van der Waals surface area contributed by atoms with Crippen molar-refractivity contribution in [2.24, 2.45) is 17.8 Å². The zero-order chi connectivity index (χ0) is 9.94. The minimum atomic E-state index is -0.478. The SMILES string of the molecule is CC(C)CC(O)(C(C)C)C(C)C. The largest absolute Gasteiger partial charge is 0.389 e. The first kappa shape index (κ1) is 12.0. The molecule has 0 aliphatic heterocycles. The van der Waals surface area contributed by atoms with Crippen LogP contribution in [0.25, 0.3) is 0 Å². The third kappa shape index (κ3) is 2.78. The summed E-state index contributed by atoms with van der Waals surface area (Å²) in [5, 5.41) is 10.3. The lowest BCUT2D eigenvalue weighted by Gasteiger charge is -2.37. The van der Waals surface area contributed by atoms with Gasteiger partial charge in [0, 0.05) is 0 Å². The number of aliphatic hydroxyl groups is 1. The van der Waals surface area contributed by atoms with E-state index in [0.29, 0.717) is 17.8 Å². The van der Waals surface area contributed by atoms with Crippen LogP contribution in [0.4, 0.5) is 0 Å². The van der Waals surface area contributed by atoms with E-state index in [1.54, 1.807) is 0 Å². The van der Waals surface area contributed by atoms with Crippen molar-refractivity contribution in [3.63, 3.8) is 0 Å². The second kappa shape index (κ2) is 4.27. The summed E-state index contributed by atoms with van der Waals surface area (Å²) in [6.45, 7) is 12.7. The highest BCUT2D eigenvalue weighted by Crippen LogP contribution is 2.32.